The van der Waals surface area contributed by atoms with Crippen LogP contribution in [0.1, 0.15) is 13.3 Å². The number of aliphatic carboxylic acids is 1. The normalized spacial score (nSPS) is 11.4. The predicted octanol–water partition coefficient (Wildman–Crippen LogP) is 2.14. The van der Waals surface area contributed by atoms with Crippen LogP contribution in [0.4, 0.5) is 16.2 Å². The molecular weight excluding hydrogens is 236 g/mol. The van der Waals surface area contributed by atoms with Gasteiger partial charge in [-0.1, -0.05) is 13.0 Å². The zero-order valence-electron chi connectivity index (χ0n) is 10.3. The first kappa shape index (κ1) is 13.8. The molecule has 0 saturated heterocycles. The molecule has 0 aromatic heterocycles. The molecule has 0 aliphatic heterocycles. The Morgan fingerprint density at radius 2 is 2.06 bits per heavy atom. The molecule has 0 aliphatic rings. The van der Waals surface area contributed by atoms with Gasteiger partial charge in [-0.3, -0.25) is 5.32 Å². The van der Waals surface area contributed by atoms with E-state index < -0.39 is 18.1 Å². The maximum atomic E-state index is 11.0. The van der Waals surface area contributed by atoms with Gasteiger partial charge >= 0.3 is 12.1 Å². The van der Waals surface area contributed by atoms with Crippen LogP contribution in [0.15, 0.2) is 24.3 Å². The lowest BCUT2D eigenvalue weighted by molar-refractivity contribution is -0.137. The molecule has 0 heterocycles. The molecule has 1 rings (SSSR count). The molecule has 6 heteroatoms. The van der Waals surface area contributed by atoms with Crippen molar-refractivity contribution in [3.05, 3.63) is 24.3 Å². The third kappa shape index (κ3) is 3.97. The van der Waals surface area contributed by atoms with Gasteiger partial charge in [-0.25, -0.2) is 9.59 Å². The zero-order chi connectivity index (χ0) is 13.5. The van der Waals surface area contributed by atoms with Gasteiger partial charge in [-0.2, -0.15) is 0 Å². The summed E-state index contributed by atoms with van der Waals surface area (Å²) in [7, 11) is 1.27. The molecular formula is C12H16N2O4. The van der Waals surface area contributed by atoms with Crippen molar-refractivity contribution in [2.24, 2.45) is 0 Å². The maximum absolute atomic E-state index is 11.0. The predicted molar refractivity (Wildman–Crippen MR) is 67.8 cm³/mol. The van der Waals surface area contributed by atoms with E-state index in [0.717, 1.165) is 0 Å². The van der Waals surface area contributed by atoms with Crippen LogP contribution in [0, 0.1) is 0 Å². The third-order valence-electron chi connectivity index (χ3n) is 2.34. The summed E-state index contributed by atoms with van der Waals surface area (Å²) in [6, 6.07) is 6.11. The Morgan fingerprint density at radius 3 is 2.61 bits per heavy atom. The van der Waals surface area contributed by atoms with Crippen molar-refractivity contribution in [2.75, 3.05) is 17.7 Å². The number of ether oxygens (including phenoxy) is 1. The number of carboxylic acids is 1. The van der Waals surface area contributed by atoms with Crippen molar-refractivity contribution in [1.82, 2.24) is 0 Å². The molecule has 0 fully saturated rings. The van der Waals surface area contributed by atoms with Crippen LogP contribution >= 0.6 is 0 Å². The number of carbonyl (C=O) groups is 2. The molecule has 0 radical (unpaired) electrons. The highest BCUT2D eigenvalue weighted by Crippen LogP contribution is 2.16. The van der Waals surface area contributed by atoms with E-state index in [1.54, 1.807) is 31.2 Å². The molecule has 6 nitrogen and oxygen atoms in total. The summed E-state index contributed by atoms with van der Waals surface area (Å²) < 4.78 is 4.47. The molecule has 0 aliphatic carbocycles. The number of methoxy groups -OCH3 is 1. The van der Waals surface area contributed by atoms with Crippen LogP contribution in [-0.4, -0.2) is 30.3 Å². The molecule has 1 aromatic rings. The number of nitrogens with one attached hydrogen (secondary N) is 2. The van der Waals surface area contributed by atoms with Gasteiger partial charge in [0.25, 0.3) is 0 Å². The molecule has 18 heavy (non-hydrogen) atoms. The molecule has 3 N–H and O–H groups in total. The van der Waals surface area contributed by atoms with E-state index in [1.165, 1.54) is 7.11 Å². The van der Waals surface area contributed by atoms with Gasteiger partial charge < -0.3 is 15.2 Å². The second kappa shape index (κ2) is 6.48. The third-order valence-corrected chi connectivity index (χ3v) is 2.34. The Morgan fingerprint density at radius 1 is 1.39 bits per heavy atom. The summed E-state index contributed by atoms with van der Waals surface area (Å²) in [5, 5.41) is 14.3. The number of anilines is 2. The lowest BCUT2D eigenvalue weighted by Gasteiger charge is -2.14. The molecule has 0 saturated carbocycles. The number of carbonyl (C=O) groups excluding carboxylic acids is 1. The van der Waals surface area contributed by atoms with Crippen molar-refractivity contribution in [3.8, 4) is 0 Å². The molecule has 1 aromatic carbocycles. The molecule has 1 unspecified atom stereocenters. The summed E-state index contributed by atoms with van der Waals surface area (Å²) in [4.78, 5) is 21.9. The Balaban J connectivity index is 2.75. The van der Waals surface area contributed by atoms with E-state index in [1.807, 2.05) is 0 Å². The molecule has 1 atom stereocenters. The van der Waals surface area contributed by atoms with E-state index in [0.29, 0.717) is 17.8 Å². The van der Waals surface area contributed by atoms with E-state index >= 15 is 0 Å². The summed E-state index contributed by atoms with van der Waals surface area (Å²) in [5.41, 5.74) is 1.16. The van der Waals surface area contributed by atoms with Crippen LogP contribution in [0.2, 0.25) is 0 Å². The van der Waals surface area contributed by atoms with Crippen LogP contribution in [0.3, 0.4) is 0 Å². The van der Waals surface area contributed by atoms with Gasteiger partial charge in [0.1, 0.15) is 6.04 Å². The van der Waals surface area contributed by atoms with E-state index in [9.17, 15) is 9.59 Å². The van der Waals surface area contributed by atoms with Crippen molar-refractivity contribution < 1.29 is 19.4 Å². The SMILES string of the molecule is CCC(Nc1cccc(NC(=O)OC)c1)C(=O)O. The van der Waals surface area contributed by atoms with Crippen LogP contribution in [0.25, 0.3) is 0 Å². The second-order valence-electron chi connectivity index (χ2n) is 3.64. The van der Waals surface area contributed by atoms with Crippen molar-refractivity contribution in [3.63, 3.8) is 0 Å². The Kier molecular flexibility index (Phi) is 4.98. The van der Waals surface area contributed by atoms with Crippen molar-refractivity contribution in [2.45, 2.75) is 19.4 Å². The monoisotopic (exact) mass is 252 g/mol. The van der Waals surface area contributed by atoms with Gasteiger partial charge in [-0.05, 0) is 24.6 Å². The van der Waals surface area contributed by atoms with Gasteiger partial charge in [0, 0.05) is 11.4 Å². The summed E-state index contributed by atoms with van der Waals surface area (Å²) in [5.74, 6) is -0.913. The van der Waals surface area contributed by atoms with Gasteiger partial charge in [0.05, 0.1) is 7.11 Å². The largest absolute Gasteiger partial charge is 0.480 e. The fourth-order valence-corrected chi connectivity index (χ4v) is 1.40. The number of amides is 1. The summed E-state index contributed by atoms with van der Waals surface area (Å²) in [6.07, 6.45) is -0.110. The highest BCUT2D eigenvalue weighted by Gasteiger charge is 2.14. The average Bonchev–Trinajstić information content (AvgIpc) is 2.35. The second-order valence-corrected chi connectivity index (χ2v) is 3.64. The maximum Gasteiger partial charge on any atom is 0.411 e. The van der Waals surface area contributed by atoms with E-state index in [-0.39, 0.29) is 0 Å². The Bertz CT molecular complexity index is 434. The highest BCUT2D eigenvalue weighted by atomic mass is 16.5. The minimum atomic E-state index is -0.913. The highest BCUT2D eigenvalue weighted by molar-refractivity contribution is 5.85. The van der Waals surface area contributed by atoms with Crippen LogP contribution < -0.4 is 10.6 Å². The fraction of sp³-hybridized carbons (Fsp3) is 0.333. The first-order valence-corrected chi connectivity index (χ1v) is 5.51. The Labute approximate surface area is 105 Å². The Hall–Kier alpha value is -2.24. The first-order chi connectivity index (χ1) is 8.56. The van der Waals surface area contributed by atoms with Gasteiger partial charge in [0.2, 0.25) is 0 Å². The number of hydrogen-bond donors (Lipinski definition) is 3. The number of benzene rings is 1. The number of carboxylic acid groups (broad SMARTS) is 1. The van der Waals surface area contributed by atoms with Crippen LogP contribution in [-0.2, 0) is 9.53 Å². The molecule has 1 amide bonds. The first-order valence-electron chi connectivity index (χ1n) is 5.51. The topological polar surface area (TPSA) is 87.7 Å². The van der Waals surface area contributed by atoms with Gasteiger partial charge in [0.15, 0.2) is 0 Å². The van der Waals surface area contributed by atoms with Crippen molar-refractivity contribution >= 4 is 23.4 Å². The quantitative estimate of drug-likeness (QED) is 0.747. The summed E-state index contributed by atoms with van der Waals surface area (Å²) in [6.45, 7) is 1.78. The lowest BCUT2D eigenvalue weighted by Crippen LogP contribution is -2.28. The minimum Gasteiger partial charge on any atom is -0.480 e. The molecule has 0 spiro atoms. The standard InChI is InChI=1S/C12H16N2O4/c1-3-10(11(15)16)13-8-5-4-6-9(7-8)14-12(17)18-2/h4-7,10,13H,3H2,1-2H3,(H,14,17)(H,15,16). The molecule has 98 valence electrons. The fourth-order valence-electron chi connectivity index (χ4n) is 1.40. The lowest BCUT2D eigenvalue weighted by atomic mass is 10.2. The molecule has 0 bridgehead atoms. The van der Waals surface area contributed by atoms with Crippen molar-refractivity contribution in [1.29, 1.82) is 0 Å². The zero-order valence-corrected chi connectivity index (χ0v) is 10.3. The smallest absolute Gasteiger partial charge is 0.411 e. The van der Waals surface area contributed by atoms with E-state index in [4.69, 9.17) is 5.11 Å². The number of hydrogen-bond acceptors (Lipinski definition) is 4. The average molecular weight is 252 g/mol. The minimum absolute atomic E-state index is 0.462. The number of rotatable bonds is 5. The summed E-state index contributed by atoms with van der Waals surface area (Å²) >= 11 is 0. The van der Waals surface area contributed by atoms with E-state index in [2.05, 4.69) is 15.4 Å². The van der Waals surface area contributed by atoms with Crippen LogP contribution in [0.5, 0.6) is 0 Å². The van der Waals surface area contributed by atoms with Gasteiger partial charge in [-0.15, -0.1) is 0 Å².